The Morgan fingerprint density at radius 2 is 2.25 bits per heavy atom. The third-order valence-corrected chi connectivity index (χ3v) is 2.73. The number of aromatic nitrogens is 1. The van der Waals surface area contributed by atoms with Gasteiger partial charge < -0.3 is 15.6 Å². The summed E-state index contributed by atoms with van der Waals surface area (Å²) >= 11 is 3.14. The minimum Gasteiger partial charge on any atom is -0.394 e. The average molecular weight is 288 g/mol. The van der Waals surface area contributed by atoms with Crippen molar-refractivity contribution in [1.29, 1.82) is 0 Å². The molecule has 0 atom stereocenters. The number of aryl methyl sites for hydroxylation is 1. The second kappa shape index (κ2) is 5.69. The van der Waals surface area contributed by atoms with Gasteiger partial charge in [-0.05, 0) is 22.4 Å². The number of nitrogen functional groups attached to an aromatic ring is 1. The van der Waals surface area contributed by atoms with Crippen molar-refractivity contribution in [3.8, 4) is 0 Å². The molecule has 1 aromatic heterocycles. The van der Waals surface area contributed by atoms with Crippen LogP contribution in [0, 0.1) is 0 Å². The van der Waals surface area contributed by atoms with Gasteiger partial charge in [0.1, 0.15) is 0 Å². The number of nitrogens with zero attached hydrogens (tertiary/aromatic N) is 1. The molecular weight excluding hydrogens is 274 g/mol. The maximum absolute atomic E-state index is 11.3. The summed E-state index contributed by atoms with van der Waals surface area (Å²) in [7, 11) is 1.61. The SMILES string of the molecule is CNC(=O)CCCn1cc(N)c(=O)c(Br)c1. The number of halogens is 1. The van der Waals surface area contributed by atoms with Crippen LogP contribution >= 0.6 is 15.9 Å². The van der Waals surface area contributed by atoms with Gasteiger partial charge in [-0.2, -0.15) is 0 Å². The van der Waals surface area contributed by atoms with E-state index in [-0.39, 0.29) is 17.0 Å². The van der Waals surface area contributed by atoms with Crippen LogP contribution in [0.3, 0.4) is 0 Å². The first kappa shape index (κ1) is 12.8. The van der Waals surface area contributed by atoms with Crippen LogP contribution in [0.5, 0.6) is 0 Å². The highest BCUT2D eigenvalue weighted by Crippen LogP contribution is 2.07. The summed E-state index contributed by atoms with van der Waals surface area (Å²) < 4.78 is 2.23. The van der Waals surface area contributed by atoms with E-state index in [1.807, 2.05) is 0 Å². The van der Waals surface area contributed by atoms with Gasteiger partial charge in [-0.25, -0.2) is 0 Å². The topological polar surface area (TPSA) is 77.1 Å². The van der Waals surface area contributed by atoms with Crippen molar-refractivity contribution in [3.05, 3.63) is 27.1 Å². The Kier molecular flexibility index (Phi) is 4.54. The monoisotopic (exact) mass is 287 g/mol. The third kappa shape index (κ3) is 3.37. The number of rotatable bonds is 4. The van der Waals surface area contributed by atoms with Crippen LogP contribution in [0.2, 0.25) is 0 Å². The second-order valence-electron chi connectivity index (χ2n) is 3.41. The van der Waals surface area contributed by atoms with Gasteiger partial charge in [-0.3, -0.25) is 9.59 Å². The first-order chi connectivity index (χ1) is 7.54. The zero-order valence-corrected chi connectivity index (χ0v) is 10.6. The van der Waals surface area contributed by atoms with Crippen LogP contribution in [0.4, 0.5) is 5.69 Å². The van der Waals surface area contributed by atoms with Crippen molar-refractivity contribution in [2.45, 2.75) is 19.4 Å². The lowest BCUT2D eigenvalue weighted by Crippen LogP contribution is -2.18. The van der Waals surface area contributed by atoms with Crippen LogP contribution in [0.25, 0.3) is 0 Å². The predicted octanol–water partition coefficient (Wildman–Crippen LogP) is 0.719. The molecule has 0 fully saturated rings. The molecule has 0 aliphatic heterocycles. The van der Waals surface area contributed by atoms with Gasteiger partial charge in [0.25, 0.3) is 0 Å². The molecule has 0 aromatic carbocycles. The molecule has 0 radical (unpaired) electrons. The Balaban J connectivity index is 2.62. The Labute approximate surface area is 102 Å². The predicted molar refractivity (Wildman–Crippen MR) is 66.1 cm³/mol. The maximum Gasteiger partial charge on any atom is 0.219 e. The minimum atomic E-state index is -0.206. The molecule has 0 aliphatic rings. The second-order valence-corrected chi connectivity index (χ2v) is 4.26. The van der Waals surface area contributed by atoms with Crippen molar-refractivity contribution in [2.24, 2.45) is 0 Å². The molecule has 0 aliphatic carbocycles. The standard InChI is InChI=1S/C10H14BrN3O2/c1-13-9(15)3-2-4-14-5-7(11)10(16)8(12)6-14/h5-6H,2-4,12H2,1H3,(H,13,15). The number of carbonyl (C=O) groups is 1. The van der Waals surface area contributed by atoms with E-state index in [0.29, 0.717) is 23.9 Å². The average Bonchev–Trinajstić information content (AvgIpc) is 2.25. The fourth-order valence-electron chi connectivity index (χ4n) is 1.29. The van der Waals surface area contributed by atoms with Gasteiger partial charge in [0.15, 0.2) is 0 Å². The summed E-state index contributed by atoms with van der Waals surface area (Å²) in [5.41, 5.74) is 5.53. The molecule has 0 unspecified atom stereocenters. The summed E-state index contributed by atoms with van der Waals surface area (Å²) in [6.45, 7) is 0.649. The molecule has 5 nitrogen and oxygen atoms in total. The lowest BCUT2D eigenvalue weighted by atomic mass is 10.3. The van der Waals surface area contributed by atoms with E-state index in [0.717, 1.165) is 0 Å². The van der Waals surface area contributed by atoms with Gasteiger partial charge >= 0.3 is 0 Å². The van der Waals surface area contributed by atoms with E-state index in [9.17, 15) is 9.59 Å². The van der Waals surface area contributed by atoms with Gasteiger partial charge in [-0.15, -0.1) is 0 Å². The van der Waals surface area contributed by atoms with E-state index in [1.54, 1.807) is 24.0 Å². The van der Waals surface area contributed by atoms with E-state index >= 15 is 0 Å². The normalized spacial score (nSPS) is 10.1. The van der Waals surface area contributed by atoms with Crippen molar-refractivity contribution in [3.63, 3.8) is 0 Å². The quantitative estimate of drug-likeness (QED) is 0.857. The van der Waals surface area contributed by atoms with Gasteiger partial charge in [0, 0.05) is 32.4 Å². The zero-order chi connectivity index (χ0) is 12.1. The van der Waals surface area contributed by atoms with Crippen LogP contribution in [-0.4, -0.2) is 17.5 Å². The van der Waals surface area contributed by atoms with Gasteiger partial charge in [-0.1, -0.05) is 0 Å². The van der Waals surface area contributed by atoms with Crippen LogP contribution in [0.15, 0.2) is 21.7 Å². The number of nitrogens with one attached hydrogen (secondary N) is 1. The van der Waals surface area contributed by atoms with Crippen molar-refractivity contribution < 1.29 is 4.79 Å². The number of anilines is 1. The first-order valence-corrected chi connectivity index (χ1v) is 5.69. The molecule has 3 N–H and O–H groups in total. The molecule has 0 saturated heterocycles. The van der Waals surface area contributed by atoms with Crippen LogP contribution in [-0.2, 0) is 11.3 Å². The van der Waals surface area contributed by atoms with E-state index < -0.39 is 0 Å². The number of hydrogen-bond donors (Lipinski definition) is 2. The number of pyridine rings is 1. The van der Waals surface area contributed by atoms with Crippen LogP contribution in [0.1, 0.15) is 12.8 Å². The van der Waals surface area contributed by atoms with E-state index in [4.69, 9.17) is 5.73 Å². The third-order valence-electron chi connectivity index (χ3n) is 2.16. The highest BCUT2D eigenvalue weighted by molar-refractivity contribution is 9.10. The summed E-state index contributed by atoms with van der Waals surface area (Å²) in [5, 5.41) is 2.55. The Morgan fingerprint density at radius 3 is 2.81 bits per heavy atom. The first-order valence-electron chi connectivity index (χ1n) is 4.90. The molecule has 1 heterocycles. The molecule has 0 spiro atoms. The Bertz CT molecular complexity index is 416. The fraction of sp³-hybridized carbons (Fsp3) is 0.400. The van der Waals surface area contributed by atoms with Crippen molar-refractivity contribution in [1.82, 2.24) is 9.88 Å². The van der Waals surface area contributed by atoms with Crippen molar-refractivity contribution >= 4 is 27.5 Å². The molecule has 1 rings (SSSR count). The highest BCUT2D eigenvalue weighted by atomic mass is 79.9. The largest absolute Gasteiger partial charge is 0.394 e. The van der Waals surface area contributed by atoms with Gasteiger partial charge in [0.2, 0.25) is 11.3 Å². The minimum absolute atomic E-state index is 0.00748. The Morgan fingerprint density at radius 1 is 1.56 bits per heavy atom. The van der Waals surface area contributed by atoms with Crippen LogP contribution < -0.4 is 16.5 Å². The smallest absolute Gasteiger partial charge is 0.219 e. The van der Waals surface area contributed by atoms with Crippen molar-refractivity contribution in [2.75, 3.05) is 12.8 Å². The summed E-state index contributed by atoms with van der Waals surface area (Å²) in [4.78, 5) is 22.3. The maximum atomic E-state index is 11.3. The molecule has 0 saturated carbocycles. The Hall–Kier alpha value is -1.30. The fourth-order valence-corrected chi connectivity index (χ4v) is 1.78. The lowest BCUT2D eigenvalue weighted by Gasteiger charge is -2.07. The molecular formula is C10H14BrN3O2. The number of hydrogen-bond acceptors (Lipinski definition) is 3. The lowest BCUT2D eigenvalue weighted by molar-refractivity contribution is -0.120. The summed E-state index contributed by atoms with van der Waals surface area (Å²) in [5.74, 6) is 0.00748. The molecule has 1 amide bonds. The molecule has 6 heteroatoms. The zero-order valence-electron chi connectivity index (χ0n) is 9.00. The summed E-state index contributed by atoms with van der Waals surface area (Å²) in [6.07, 6.45) is 4.41. The van der Waals surface area contributed by atoms with E-state index in [2.05, 4.69) is 21.2 Å². The number of amides is 1. The molecule has 16 heavy (non-hydrogen) atoms. The number of carbonyl (C=O) groups excluding carboxylic acids is 1. The molecule has 88 valence electrons. The highest BCUT2D eigenvalue weighted by Gasteiger charge is 2.03. The molecule has 0 bridgehead atoms. The van der Waals surface area contributed by atoms with E-state index in [1.165, 1.54) is 0 Å². The number of nitrogens with two attached hydrogens (primary N) is 1. The summed E-state index contributed by atoms with van der Waals surface area (Å²) in [6, 6.07) is 0. The van der Waals surface area contributed by atoms with Gasteiger partial charge in [0.05, 0.1) is 10.2 Å². The molecule has 1 aromatic rings.